The second-order valence-corrected chi connectivity index (χ2v) is 4.30. The van der Waals surface area contributed by atoms with Crippen LogP contribution in [0, 0.1) is 3.57 Å². The molecule has 72 valence electrons. The van der Waals surface area contributed by atoms with Crippen molar-refractivity contribution in [2.45, 2.75) is 32.6 Å². The summed E-state index contributed by atoms with van der Waals surface area (Å²) < 4.78 is 0.644. The van der Waals surface area contributed by atoms with Crippen LogP contribution in [0.25, 0.3) is 0 Å². The number of nitrogens with one attached hydrogen (secondary N) is 1. The first-order chi connectivity index (χ1) is 6.15. The fraction of sp³-hybridized carbons (Fsp3) is 0.556. The third kappa shape index (κ3) is 2.79. The highest BCUT2D eigenvalue weighted by molar-refractivity contribution is 14.1. The van der Waals surface area contributed by atoms with E-state index in [0.29, 0.717) is 9.49 Å². The molecule has 0 fully saturated rings. The Morgan fingerprint density at radius 1 is 1.69 bits per heavy atom. The van der Waals surface area contributed by atoms with Crippen molar-refractivity contribution in [2.75, 3.05) is 0 Å². The number of nitrogens with zero attached hydrogens (tertiary/aromatic N) is 1. The van der Waals surface area contributed by atoms with Gasteiger partial charge in [0.1, 0.15) is 5.82 Å². The van der Waals surface area contributed by atoms with E-state index in [9.17, 15) is 4.79 Å². The van der Waals surface area contributed by atoms with Gasteiger partial charge in [-0.15, -0.1) is 0 Å². The maximum absolute atomic E-state index is 11.2. The van der Waals surface area contributed by atoms with E-state index in [2.05, 4.69) is 23.8 Å². The van der Waals surface area contributed by atoms with Gasteiger partial charge >= 0.3 is 0 Å². The maximum atomic E-state index is 11.2. The molecule has 0 aromatic carbocycles. The molecule has 0 saturated carbocycles. The second kappa shape index (κ2) is 4.74. The van der Waals surface area contributed by atoms with Crippen molar-refractivity contribution in [3.05, 3.63) is 25.9 Å². The lowest BCUT2D eigenvalue weighted by molar-refractivity contribution is 0.623. The van der Waals surface area contributed by atoms with Crippen LogP contribution in [0.4, 0.5) is 0 Å². The summed E-state index contributed by atoms with van der Waals surface area (Å²) in [6.07, 6.45) is 3.79. The molecule has 0 aliphatic rings. The van der Waals surface area contributed by atoms with Gasteiger partial charge in [0.25, 0.3) is 5.56 Å². The minimum atomic E-state index is -0.0337. The molecule has 0 bridgehead atoms. The highest BCUT2D eigenvalue weighted by atomic mass is 127. The van der Waals surface area contributed by atoms with Crippen molar-refractivity contribution in [1.82, 2.24) is 9.97 Å². The first-order valence-electron chi connectivity index (χ1n) is 4.39. The van der Waals surface area contributed by atoms with E-state index in [1.54, 1.807) is 6.20 Å². The predicted octanol–water partition coefficient (Wildman–Crippen LogP) is 2.28. The molecule has 0 radical (unpaired) electrons. The predicted molar refractivity (Wildman–Crippen MR) is 60.9 cm³/mol. The van der Waals surface area contributed by atoms with Crippen molar-refractivity contribution in [3.8, 4) is 0 Å². The summed E-state index contributed by atoms with van der Waals surface area (Å²) in [4.78, 5) is 18.2. The lowest BCUT2D eigenvalue weighted by Gasteiger charge is -2.07. The zero-order valence-corrected chi connectivity index (χ0v) is 9.96. The highest BCUT2D eigenvalue weighted by Crippen LogP contribution is 2.14. The van der Waals surface area contributed by atoms with Crippen LogP contribution in [-0.2, 0) is 0 Å². The number of rotatable bonds is 3. The van der Waals surface area contributed by atoms with Crippen LogP contribution in [0.5, 0.6) is 0 Å². The van der Waals surface area contributed by atoms with Gasteiger partial charge in [0.05, 0.1) is 3.57 Å². The SMILES string of the molecule is CCCC(C)c1ncc(I)c(=O)[nH]1. The fourth-order valence-electron chi connectivity index (χ4n) is 1.21. The van der Waals surface area contributed by atoms with Crippen LogP contribution in [0.15, 0.2) is 11.0 Å². The Hall–Kier alpha value is -0.390. The van der Waals surface area contributed by atoms with E-state index >= 15 is 0 Å². The van der Waals surface area contributed by atoms with E-state index in [4.69, 9.17) is 0 Å². The number of H-pyrrole nitrogens is 1. The number of halogens is 1. The Morgan fingerprint density at radius 3 is 2.92 bits per heavy atom. The van der Waals surface area contributed by atoms with Gasteiger partial charge in [-0.2, -0.15) is 0 Å². The Morgan fingerprint density at radius 2 is 2.38 bits per heavy atom. The molecule has 1 aromatic rings. The van der Waals surface area contributed by atoms with Gasteiger partial charge < -0.3 is 4.98 Å². The molecule has 1 rings (SSSR count). The fourth-order valence-corrected chi connectivity index (χ4v) is 1.49. The van der Waals surface area contributed by atoms with E-state index in [-0.39, 0.29) is 5.56 Å². The standard InChI is InChI=1S/C9H13IN2O/c1-3-4-6(2)8-11-5-7(10)9(13)12-8/h5-6H,3-4H2,1-2H3,(H,11,12,13). The number of aromatic amines is 1. The van der Waals surface area contributed by atoms with E-state index in [0.717, 1.165) is 18.7 Å². The third-order valence-electron chi connectivity index (χ3n) is 1.96. The summed E-state index contributed by atoms with van der Waals surface area (Å²) in [6, 6.07) is 0. The van der Waals surface area contributed by atoms with Crippen LogP contribution in [0.3, 0.4) is 0 Å². The zero-order chi connectivity index (χ0) is 9.84. The van der Waals surface area contributed by atoms with E-state index in [1.165, 1.54) is 0 Å². The summed E-state index contributed by atoms with van der Waals surface area (Å²) in [7, 11) is 0. The highest BCUT2D eigenvalue weighted by Gasteiger charge is 2.07. The molecular weight excluding hydrogens is 279 g/mol. The minimum Gasteiger partial charge on any atom is -0.309 e. The van der Waals surface area contributed by atoms with Crippen molar-refractivity contribution in [1.29, 1.82) is 0 Å². The van der Waals surface area contributed by atoms with Crippen LogP contribution in [0.1, 0.15) is 38.4 Å². The maximum Gasteiger partial charge on any atom is 0.264 e. The molecule has 0 spiro atoms. The summed E-state index contributed by atoms with van der Waals surface area (Å²) in [5.74, 6) is 1.14. The summed E-state index contributed by atoms with van der Waals surface area (Å²) in [5.41, 5.74) is -0.0337. The average molecular weight is 292 g/mol. The summed E-state index contributed by atoms with van der Waals surface area (Å²) in [6.45, 7) is 4.20. The van der Waals surface area contributed by atoms with Crippen LogP contribution in [0.2, 0.25) is 0 Å². The first kappa shape index (κ1) is 10.7. The molecule has 1 aromatic heterocycles. The molecule has 13 heavy (non-hydrogen) atoms. The number of aromatic nitrogens is 2. The van der Waals surface area contributed by atoms with Crippen LogP contribution < -0.4 is 5.56 Å². The molecule has 3 nitrogen and oxygen atoms in total. The van der Waals surface area contributed by atoms with E-state index in [1.807, 2.05) is 22.6 Å². The molecule has 1 heterocycles. The van der Waals surface area contributed by atoms with Gasteiger partial charge in [-0.1, -0.05) is 20.3 Å². The average Bonchev–Trinajstić information content (AvgIpc) is 2.10. The monoisotopic (exact) mass is 292 g/mol. The van der Waals surface area contributed by atoms with Crippen molar-refractivity contribution in [3.63, 3.8) is 0 Å². The molecular formula is C9H13IN2O. The smallest absolute Gasteiger partial charge is 0.264 e. The van der Waals surface area contributed by atoms with Crippen molar-refractivity contribution in [2.24, 2.45) is 0 Å². The van der Waals surface area contributed by atoms with Gasteiger partial charge in [0.15, 0.2) is 0 Å². The summed E-state index contributed by atoms with van der Waals surface area (Å²) in [5, 5.41) is 0. The van der Waals surface area contributed by atoms with Gasteiger partial charge in [-0.05, 0) is 29.0 Å². The lowest BCUT2D eigenvalue weighted by atomic mass is 10.1. The van der Waals surface area contributed by atoms with Gasteiger partial charge in [0.2, 0.25) is 0 Å². The van der Waals surface area contributed by atoms with E-state index < -0.39 is 0 Å². The normalized spacial score (nSPS) is 12.8. The molecule has 0 aliphatic heterocycles. The number of hydrogen-bond acceptors (Lipinski definition) is 2. The van der Waals surface area contributed by atoms with Crippen molar-refractivity contribution < 1.29 is 0 Å². The van der Waals surface area contributed by atoms with Crippen molar-refractivity contribution >= 4 is 22.6 Å². The molecule has 1 atom stereocenters. The molecule has 4 heteroatoms. The zero-order valence-electron chi connectivity index (χ0n) is 7.80. The van der Waals surface area contributed by atoms with Crippen LogP contribution in [-0.4, -0.2) is 9.97 Å². The van der Waals surface area contributed by atoms with Gasteiger partial charge in [-0.25, -0.2) is 4.98 Å². The lowest BCUT2D eigenvalue weighted by Crippen LogP contribution is -2.15. The Bertz CT molecular complexity index is 335. The first-order valence-corrected chi connectivity index (χ1v) is 5.47. The third-order valence-corrected chi connectivity index (χ3v) is 2.73. The molecule has 1 N–H and O–H groups in total. The largest absolute Gasteiger partial charge is 0.309 e. The quantitative estimate of drug-likeness (QED) is 0.869. The summed E-state index contributed by atoms with van der Waals surface area (Å²) >= 11 is 1.98. The second-order valence-electron chi connectivity index (χ2n) is 3.14. The Labute approximate surface area is 91.1 Å². The topological polar surface area (TPSA) is 45.8 Å². The van der Waals surface area contributed by atoms with Gasteiger partial charge in [0, 0.05) is 12.1 Å². The molecule has 0 aliphatic carbocycles. The minimum absolute atomic E-state index is 0.0337. The molecule has 0 amide bonds. The Balaban J connectivity index is 2.90. The molecule has 0 saturated heterocycles. The number of hydrogen-bond donors (Lipinski definition) is 1. The Kier molecular flexibility index (Phi) is 3.90. The van der Waals surface area contributed by atoms with Gasteiger partial charge in [-0.3, -0.25) is 4.79 Å². The molecule has 1 unspecified atom stereocenters. The van der Waals surface area contributed by atoms with Crippen LogP contribution >= 0.6 is 22.6 Å².